The normalized spacial score (nSPS) is 11.7. The molecule has 0 saturated carbocycles. The van der Waals surface area contributed by atoms with Crippen molar-refractivity contribution in [3.05, 3.63) is 59.7 Å². The zero-order chi connectivity index (χ0) is 36.1. The van der Waals surface area contributed by atoms with Crippen molar-refractivity contribution in [1.82, 2.24) is 0 Å². The van der Waals surface area contributed by atoms with Gasteiger partial charge in [0.05, 0.1) is 0 Å². The molecule has 2 atom stereocenters. The van der Waals surface area contributed by atoms with Crippen LogP contribution in [-0.4, -0.2) is 44.3 Å². The summed E-state index contributed by atoms with van der Waals surface area (Å²) in [6.07, 6.45) is 13.3. The molecular formula is C38H57NO8P2. The number of carbonyl (C=O) groups is 4. The van der Waals surface area contributed by atoms with E-state index in [1.807, 2.05) is 24.3 Å². The summed E-state index contributed by atoms with van der Waals surface area (Å²) in [5.41, 5.74) is 4.25. The SMILES string of the molecule is O=C(O)CCCCCC(P)(CCCCCC(=O)O)c1ccccc1Nc1ccccc1C(P)(CCCCCC(=O)O)CCCCCC(=O)O. The third kappa shape index (κ3) is 16.5. The van der Waals surface area contributed by atoms with Crippen molar-refractivity contribution in [1.29, 1.82) is 0 Å². The van der Waals surface area contributed by atoms with Crippen LogP contribution < -0.4 is 5.32 Å². The lowest BCUT2D eigenvalue weighted by atomic mass is 9.84. The zero-order valence-electron chi connectivity index (χ0n) is 28.8. The molecule has 2 aromatic rings. The fourth-order valence-electron chi connectivity index (χ4n) is 6.56. The molecule has 2 aromatic carbocycles. The number of para-hydroxylation sites is 2. The third-order valence-corrected chi connectivity index (χ3v) is 11.0. The van der Waals surface area contributed by atoms with Crippen molar-refractivity contribution in [2.75, 3.05) is 5.32 Å². The quantitative estimate of drug-likeness (QED) is 0.0426. The van der Waals surface area contributed by atoms with Crippen molar-refractivity contribution < 1.29 is 39.6 Å². The van der Waals surface area contributed by atoms with Crippen LogP contribution in [-0.2, 0) is 29.5 Å². The van der Waals surface area contributed by atoms with Gasteiger partial charge >= 0.3 is 23.9 Å². The van der Waals surface area contributed by atoms with Crippen molar-refractivity contribution in [2.45, 2.75) is 139 Å². The Morgan fingerprint density at radius 2 is 0.714 bits per heavy atom. The summed E-state index contributed by atoms with van der Waals surface area (Å²) >= 11 is 0. The van der Waals surface area contributed by atoms with Crippen LogP contribution in [0.15, 0.2) is 48.5 Å². The van der Waals surface area contributed by atoms with Gasteiger partial charge in [-0.15, -0.1) is 18.5 Å². The number of hydrogen-bond acceptors (Lipinski definition) is 5. The smallest absolute Gasteiger partial charge is 0.303 e. The van der Waals surface area contributed by atoms with E-state index in [4.69, 9.17) is 20.4 Å². The van der Waals surface area contributed by atoms with Gasteiger partial charge in [-0.05, 0) is 74.6 Å². The van der Waals surface area contributed by atoms with E-state index in [1.165, 1.54) is 0 Å². The van der Waals surface area contributed by atoms with Crippen molar-refractivity contribution >= 4 is 53.7 Å². The van der Waals surface area contributed by atoms with E-state index in [0.717, 1.165) is 99.6 Å². The monoisotopic (exact) mass is 717 g/mol. The minimum Gasteiger partial charge on any atom is -0.481 e. The molecule has 0 aliphatic carbocycles. The number of anilines is 2. The molecule has 5 N–H and O–H groups in total. The fraction of sp³-hybridized carbons (Fsp3) is 0.579. The molecule has 0 bridgehead atoms. The largest absolute Gasteiger partial charge is 0.481 e. The summed E-state index contributed by atoms with van der Waals surface area (Å²) in [5, 5.41) is 39.6. The van der Waals surface area contributed by atoms with Gasteiger partial charge in [0.1, 0.15) is 0 Å². The zero-order valence-corrected chi connectivity index (χ0v) is 31.1. The van der Waals surface area contributed by atoms with Gasteiger partial charge in [0, 0.05) is 47.4 Å². The molecule has 0 aliphatic heterocycles. The molecule has 0 amide bonds. The van der Waals surface area contributed by atoms with E-state index >= 15 is 0 Å². The number of benzene rings is 2. The van der Waals surface area contributed by atoms with Crippen LogP contribution in [0.1, 0.15) is 140 Å². The van der Waals surface area contributed by atoms with Crippen LogP contribution in [0.2, 0.25) is 0 Å². The summed E-state index contributed by atoms with van der Waals surface area (Å²) in [7, 11) is 6.19. The Morgan fingerprint density at radius 3 is 0.980 bits per heavy atom. The molecule has 49 heavy (non-hydrogen) atoms. The number of aliphatic carboxylic acids is 4. The van der Waals surface area contributed by atoms with Crippen molar-refractivity contribution in [3.63, 3.8) is 0 Å². The van der Waals surface area contributed by atoms with Gasteiger partial charge < -0.3 is 25.7 Å². The first kappa shape index (κ1) is 42.1. The summed E-state index contributed by atoms with van der Waals surface area (Å²) in [6, 6.07) is 16.6. The summed E-state index contributed by atoms with van der Waals surface area (Å²) in [6.45, 7) is 0. The van der Waals surface area contributed by atoms with E-state index in [9.17, 15) is 19.2 Å². The molecule has 0 radical (unpaired) electrons. The lowest BCUT2D eigenvalue weighted by Crippen LogP contribution is -2.22. The number of rotatable bonds is 28. The van der Waals surface area contributed by atoms with Crippen LogP contribution in [0.4, 0.5) is 11.4 Å². The second-order valence-electron chi connectivity index (χ2n) is 13.3. The number of carboxylic acids is 4. The second-order valence-corrected chi connectivity index (χ2v) is 15.6. The van der Waals surface area contributed by atoms with E-state index in [1.54, 1.807) is 0 Å². The molecule has 9 nitrogen and oxygen atoms in total. The maximum Gasteiger partial charge on any atom is 0.303 e. The highest BCUT2D eigenvalue weighted by molar-refractivity contribution is 7.18. The summed E-state index contributed by atoms with van der Waals surface area (Å²) in [4.78, 5) is 44.3. The topological polar surface area (TPSA) is 161 Å². The molecule has 0 spiro atoms. The minimum absolute atomic E-state index is 0.157. The van der Waals surface area contributed by atoms with Gasteiger partial charge in [-0.1, -0.05) is 87.8 Å². The predicted molar refractivity (Wildman–Crippen MR) is 202 cm³/mol. The number of nitrogens with one attached hydrogen (secondary N) is 1. The fourth-order valence-corrected chi connectivity index (χ4v) is 7.88. The Kier molecular flexibility index (Phi) is 19.5. The lowest BCUT2D eigenvalue weighted by molar-refractivity contribution is -0.138. The highest BCUT2D eigenvalue weighted by Gasteiger charge is 2.31. The van der Waals surface area contributed by atoms with Gasteiger partial charge in [0.15, 0.2) is 0 Å². The standard InChI is InChI=1S/C38H57NO8P2/c40-33(41)21-5-1-13-25-37(48,26-14-2-6-22-34(42)43)29-17-9-11-19-31(29)39-32-20-12-10-18-30(32)38(49,27-15-3-7-23-35(44)45)28-16-4-8-24-36(46)47/h9-12,17-20,39H,1-8,13-16,21-28,48-49H2,(H,40,41)(H,42,43)(H,44,45)(H,46,47). The van der Waals surface area contributed by atoms with E-state index in [2.05, 4.69) is 48.1 Å². The average molecular weight is 718 g/mol. The molecule has 0 fully saturated rings. The van der Waals surface area contributed by atoms with Crippen molar-refractivity contribution in [2.24, 2.45) is 0 Å². The Bertz CT molecular complexity index is 1190. The molecule has 2 rings (SSSR count). The molecule has 2 unspecified atom stereocenters. The first-order chi connectivity index (χ1) is 23.4. The molecule has 272 valence electrons. The van der Waals surface area contributed by atoms with Gasteiger partial charge in [-0.25, -0.2) is 0 Å². The van der Waals surface area contributed by atoms with E-state index < -0.39 is 23.9 Å². The molecule has 0 aromatic heterocycles. The van der Waals surface area contributed by atoms with Gasteiger partial charge in [-0.2, -0.15) is 0 Å². The number of carboxylic acid groups (broad SMARTS) is 4. The van der Waals surface area contributed by atoms with Crippen LogP contribution in [0, 0.1) is 0 Å². The van der Waals surface area contributed by atoms with Crippen LogP contribution in [0.5, 0.6) is 0 Å². The number of unbranched alkanes of at least 4 members (excludes halogenated alkanes) is 8. The Hall–Kier alpha value is -3.02. The van der Waals surface area contributed by atoms with Gasteiger partial charge in [0.2, 0.25) is 0 Å². The molecule has 0 aliphatic rings. The molecule has 0 heterocycles. The first-order valence-corrected chi connectivity index (χ1v) is 18.9. The Labute approximate surface area is 296 Å². The average Bonchev–Trinajstić information content (AvgIpc) is 3.04. The summed E-state index contributed by atoms with van der Waals surface area (Å²) in [5.74, 6) is -3.13. The maximum absolute atomic E-state index is 11.1. The van der Waals surface area contributed by atoms with Gasteiger partial charge in [-0.3, -0.25) is 19.2 Å². The van der Waals surface area contributed by atoms with Crippen molar-refractivity contribution in [3.8, 4) is 0 Å². The van der Waals surface area contributed by atoms with E-state index in [0.29, 0.717) is 25.7 Å². The highest BCUT2D eigenvalue weighted by Crippen LogP contribution is 2.48. The second kappa shape index (κ2) is 22.6. The van der Waals surface area contributed by atoms with E-state index in [-0.39, 0.29) is 36.0 Å². The Morgan fingerprint density at radius 1 is 0.449 bits per heavy atom. The highest BCUT2D eigenvalue weighted by atomic mass is 31.0. The third-order valence-electron chi connectivity index (χ3n) is 9.25. The molecule has 11 heteroatoms. The van der Waals surface area contributed by atoms with Crippen LogP contribution in [0.3, 0.4) is 0 Å². The van der Waals surface area contributed by atoms with Crippen LogP contribution >= 0.6 is 18.5 Å². The van der Waals surface area contributed by atoms with Crippen LogP contribution in [0.25, 0.3) is 0 Å². The lowest BCUT2D eigenvalue weighted by Gasteiger charge is -2.35. The Balaban J connectivity index is 2.37. The number of hydrogen-bond donors (Lipinski definition) is 5. The first-order valence-electron chi connectivity index (χ1n) is 17.8. The molecule has 0 saturated heterocycles. The predicted octanol–water partition coefficient (Wildman–Crippen LogP) is 9.71. The minimum atomic E-state index is -0.783. The molecular weight excluding hydrogens is 660 g/mol. The summed E-state index contributed by atoms with van der Waals surface area (Å²) < 4.78 is 0. The maximum atomic E-state index is 11.1. The van der Waals surface area contributed by atoms with Gasteiger partial charge in [0.25, 0.3) is 0 Å².